The first-order valence-electron chi connectivity index (χ1n) is 12.3. The van der Waals surface area contributed by atoms with Crippen LogP contribution in [-0.2, 0) is 0 Å². The zero-order chi connectivity index (χ0) is 25.8. The van der Waals surface area contributed by atoms with Crippen molar-refractivity contribution in [3.63, 3.8) is 0 Å². The largest absolute Gasteiger partial charge is 0.497 e. The molecular formula is C33H21NO4. The summed E-state index contributed by atoms with van der Waals surface area (Å²) in [6.07, 6.45) is 0. The topological polar surface area (TPSA) is 57.5 Å². The Morgan fingerprint density at radius 1 is 0.632 bits per heavy atom. The van der Waals surface area contributed by atoms with E-state index >= 15 is 0 Å². The average Bonchev–Trinajstić information content (AvgIpc) is 2.97. The molecule has 0 unspecified atom stereocenters. The van der Waals surface area contributed by atoms with Crippen molar-refractivity contribution >= 4 is 27.5 Å². The average molecular weight is 496 g/mol. The molecular weight excluding hydrogens is 474 g/mol. The van der Waals surface area contributed by atoms with Crippen LogP contribution in [0.1, 0.15) is 15.9 Å². The number of hydrogen-bond acceptors (Lipinski definition) is 4. The minimum Gasteiger partial charge on any atom is -0.497 e. The van der Waals surface area contributed by atoms with Gasteiger partial charge in [0.15, 0.2) is 5.78 Å². The number of ketones is 1. The van der Waals surface area contributed by atoms with Crippen molar-refractivity contribution in [3.05, 3.63) is 131 Å². The van der Waals surface area contributed by atoms with Gasteiger partial charge < -0.3 is 9.47 Å². The van der Waals surface area contributed by atoms with E-state index in [4.69, 9.17) is 9.47 Å². The highest BCUT2D eigenvalue weighted by molar-refractivity contribution is 6.31. The van der Waals surface area contributed by atoms with E-state index in [1.165, 1.54) is 0 Å². The predicted octanol–water partition coefficient (Wildman–Crippen LogP) is 7.16. The summed E-state index contributed by atoms with van der Waals surface area (Å²) in [6, 6.07) is 33.6. The maximum absolute atomic E-state index is 14.2. The van der Waals surface area contributed by atoms with Crippen LogP contribution >= 0.6 is 0 Å². The number of aromatic nitrogens is 1. The molecule has 5 heteroatoms. The van der Waals surface area contributed by atoms with E-state index < -0.39 is 0 Å². The van der Waals surface area contributed by atoms with Gasteiger partial charge in [-0.3, -0.25) is 14.2 Å². The molecule has 0 atom stereocenters. The van der Waals surface area contributed by atoms with Gasteiger partial charge in [-0.1, -0.05) is 66.7 Å². The highest BCUT2D eigenvalue weighted by Crippen LogP contribution is 2.48. The van der Waals surface area contributed by atoms with Crippen LogP contribution < -0.4 is 15.0 Å². The third kappa shape index (κ3) is 3.19. The molecule has 0 fully saturated rings. The first-order chi connectivity index (χ1) is 18.7. The van der Waals surface area contributed by atoms with Crippen molar-refractivity contribution in [2.75, 3.05) is 7.11 Å². The number of rotatable bonds is 4. The van der Waals surface area contributed by atoms with E-state index in [1.807, 2.05) is 103 Å². The van der Waals surface area contributed by atoms with E-state index in [1.54, 1.807) is 17.7 Å². The van der Waals surface area contributed by atoms with Gasteiger partial charge in [0.05, 0.1) is 18.2 Å². The zero-order valence-electron chi connectivity index (χ0n) is 20.5. The number of carbonyl (C=O) groups excluding carboxylic acids is 1. The third-order valence-electron chi connectivity index (χ3n) is 7.10. The van der Waals surface area contributed by atoms with E-state index in [9.17, 15) is 9.59 Å². The predicted molar refractivity (Wildman–Crippen MR) is 149 cm³/mol. The molecule has 0 saturated carbocycles. The van der Waals surface area contributed by atoms with E-state index in [0.29, 0.717) is 45.0 Å². The highest BCUT2D eigenvalue weighted by atomic mass is 16.5. The van der Waals surface area contributed by atoms with E-state index in [0.717, 1.165) is 21.9 Å². The number of nitrogens with zero attached hydrogens (tertiary/aromatic N) is 1. The van der Waals surface area contributed by atoms with E-state index in [-0.39, 0.29) is 11.3 Å². The normalized spacial score (nSPS) is 12.0. The minimum absolute atomic E-state index is 0.130. The molecule has 0 N–H and O–H groups in total. The molecule has 0 aliphatic heterocycles. The Hall–Kier alpha value is -5.16. The third-order valence-corrected chi connectivity index (χ3v) is 7.10. The van der Waals surface area contributed by atoms with Gasteiger partial charge >= 0.3 is 0 Å². The molecule has 0 bridgehead atoms. The van der Waals surface area contributed by atoms with Gasteiger partial charge in [-0.05, 0) is 47.5 Å². The molecule has 0 amide bonds. The summed E-state index contributed by atoms with van der Waals surface area (Å²) in [5.41, 5.74) is 3.65. The monoisotopic (exact) mass is 495 g/mol. The van der Waals surface area contributed by atoms with Gasteiger partial charge in [0.2, 0.25) is 0 Å². The molecule has 1 aliphatic carbocycles. The Balaban J connectivity index is 1.69. The molecule has 182 valence electrons. The molecule has 5 nitrogen and oxygen atoms in total. The number of hydrogen-bond donors (Lipinski definition) is 0. The second-order valence-corrected chi connectivity index (χ2v) is 9.19. The van der Waals surface area contributed by atoms with Crippen LogP contribution in [0.5, 0.6) is 17.2 Å². The standard InChI is InChI=1S/C33H21NO4/c1-37-21-17-15-20(16-18-21)34-28(35)19-27-23-11-5-7-13-25(23)32(36)30-29(27)31(34)24-12-6-8-14-26(24)33(30)38-22-9-3-2-4-10-22/h2-19H,1H3. The van der Waals surface area contributed by atoms with Crippen molar-refractivity contribution in [2.45, 2.75) is 0 Å². The Labute approximate surface area is 218 Å². The second kappa shape index (κ2) is 8.46. The van der Waals surface area contributed by atoms with Crippen molar-refractivity contribution in [3.8, 4) is 34.1 Å². The summed E-state index contributed by atoms with van der Waals surface area (Å²) >= 11 is 0. The number of carbonyl (C=O) groups is 1. The summed E-state index contributed by atoms with van der Waals surface area (Å²) in [4.78, 5) is 28.0. The first-order valence-corrected chi connectivity index (χ1v) is 12.3. The smallest absolute Gasteiger partial charge is 0.256 e. The van der Waals surface area contributed by atoms with Gasteiger partial charge in [0.25, 0.3) is 5.56 Å². The van der Waals surface area contributed by atoms with Crippen molar-refractivity contribution in [1.29, 1.82) is 0 Å². The summed E-state index contributed by atoms with van der Waals surface area (Å²) in [5, 5.41) is 2.28. The lowest BCUT2D eigenvalue weighted by molar-refractivity contribution is 0.103. The SMILES string of the molecule is COc1ccc(-n2c(=O)cc3c4c(c(Oc5ccccc5)c5ccccc5c42)C(=O)c2ccccc2-3)cc1. The molecule has 6 aromatic rings. The summed E-state index contributed by atoms with van der Waals surface area (Å²) in [5.74, 6) is 1.68. The van der Waals surface area contributed by atoms with Gasteiger partial charge in [0, 0.05) is 33.5 Å². The van der Waals surface area contributed by atoms with Crippen LogP contribution in [-0.4, -0.2) is 17.5 Å². The second-order valence-electron chi connectivity index (χ2n) is 9.19. The molecule has 0 spiro atoms. The number of para-hydroxylation sites is 1. The number of benzene rings is 5. The van der Waals surface area contributed by atoms with Crippen LogP contribution in [0.3, 0.4) is 0 Å². The first kappa shape index (κ1) is 22.1. The number of pyridine rings is 1. The Morgan fingerprint density at radius 3 is 2.03 bits per heavy atom. The Bertz CT molecular complexity index is 1950. The van der Waals surface area contributed by atoms with Crippen molar-refractivity contribution in [2.24, 2.45) is 0 Å². The maximum atomic E-state index is 14.2. The number of ether oxygens (including phenoxy) is 2. The van der Waals surface area contributed by atoms with Crippen LogP contribution in [0.25, 0.3) is 38.5 Å². The van der Waals surface area contributed by atoms with Crippen molar-refractivity contribution < 1.29 is 14.3 Å². The summed E-state index contributed by atoms with van der Waals surface area (Å²) < 4.78 is 13.5. The van der Waals surface area contributed by atoms with Gasteiger partial charge in [-0.15, -0.1) is 0 Å². The fourth-order valence-corrected chi connectivity index (χ4v) is 5.43. The summed E-state index contributed by atoms with van der Waals surface area (Å²) in [7, 11) is 1.61. The molecule has 38 heavy (non-hydrogen) atoms. The maximum Gasteiger partial charge on any atom is 0.256 e. The molecule has 1 heterocycles. The lowest BCUT2D eigenvalue weighted by atomic mass is 9.82. The quantitative estimate of drug-likeness (QED) is 0.243. The zero-order valence-corrected chi connectivity index (χ0v) is 20.5. The van der Waals surface area contributed by atoms with Gasteiger partial charge in [-0.2, -0.15) is 0 Å². The van der Waals surface area contributed by atoms with E-state index in [2.05, 4.69) is 0 Å². The Morgan fingerprint density at radius 2 is 1.29 bits per heavy atom. The molecule has 5 aromatic carbocycles. The number of methoxy groups -OCH3 is 1. The van der Waals surface area contributed by atoms with Crippen LogP contribution in [0, 0.1) is 0 Å². The Kier molecular flexibility index (Phi) is 4.91. The lowest BCUT2D eigenvalue weighted by Gasteiger charge is -2.26. The molecule has 1 aliphatic rings. The van der Waals surface area contributed by atoms with Gasteiger partial charge in [0.1, 0.15) is 17.2 Å². The lowest BCUT2D eigenvalue weighted by Crippen LogP contribution is -2.22. The minimum atomic E-state index is -0.186. The molecule has 1 aromatic heterocycles. The van der Waals surface area contributed by atoms with Crippen LogP contribution in [0.4, 0.5) is 0 Å². The van der Waals surface area contributed by atoms with Crippen molar-refractivity contribution in [1.82, 2.24) is 4.57 Å². The summed E-state index contributed by atoms with van der Waals surface area (Å²) in [6.45, 7) is 0. The fourth-order valence-electron chi connectivity index (χ4n) is 5.43. The molecule has 0 saturated heterocycles. The fraction of sp³-hybridized carbons (Fsp3) is 0.0303. The molecule has 7 rings (SSSR count). The van der Waals surface area contributed by atoms with Gasteiger partial charge in [-0.25, -0.2) is 0 Å². The number of fused-ring (bicyclic) bond motifs is 4. The highest BCUT2D eigenvalue weighted by Gasteiger charge is 2.32. The van der Waals surface area contributed by atoms with Crippen LogP contribution in [0.2, 0.25) is 0 Å². The molecule has 0 radical (unpaired) electrons. The van der Waals surface area contributed by atoms with Crippen LogP contribution in [0.15, 0.2) is 114 Å².